The Kier molecular flexibility index (Phi) is 91.7. The summed E-state index contributed by atoms with van der Waals surface area (Å²) in [5.74, 6) is 0. The zero-order chi connectivity index (χ0) is 73.6. The van der Waals surface area contributed by atoms with Crippen molar-refractivity contribution in [1.82, 2.24) is 4.86 Å². The average molecular weight is 1560 g/mol. The zero-order valence-corrected chi connectivity index (χ0v) is 78.2. The molecule has 0 saturated heterocycles. The van der Waals surface area contributed by atoms with E-state index in [4.69, 9.17) is 23.6 Å². The van der Waals surface area contributed by atoms with Crippen LogP contribution in [0.2, 0.25) is 4.51 Å². The molecule has 1 unspecified atom stereocenters. The summed E-state index contributed by atoms with van der Waals surface area (Å²) in [6.45, 7) is 9.31. The van der Waals surface area contributed by atoms with E-state index in [9.17, 15) is 0 Å². The molecule has 0 aliphatic carbocycles. The Bertz CT molecular complexity index is 1550. The third kappa shape index (κ3) is 85.9. The molecule has 0 aromatic heterocycles. The SMILES string of the molecule is CCCCCCCCCCCCCCCCCCCCCCCCP(=S)(CCCCCCCCCCCCCCCCCCCCCCCC)NP(=S)(CCCCCCCCCCCCCCCCCCCCCCCC)C[C@H]([Zn])CCCCCCCCCCCCCCCCCCCCCC. The van der Waals surface area contributed by atoms with Crippen molar-refractivity contribution >= 4 is 36.0 Å². The van der Waals surface area contributed by atoms with Crippen LogP contribution in [0.3, 0.4) is 0 Å². The van der Waals surface area contributed by atoms with Gasteiger partial charge in [-0.1, -0.05) is 387 Å². The molecule has 2 atom stereocenters. The first-order valence-corrected chi connectivity index (χ1v) is 57.2. The Labute approximate surface area is 669 Å². The predicted octanol–water partition coefficient (Wildman–Crippen LogP) is 37.7. The number of nitrogens with one attached hydrogen (secondary N) is 1. The van der Waals surface area contributed by atoms with E-state index in [0.717, 1.165) is 4.51 Å². The summed E-state index contributed by atoms with van der Waals surface area (Å²) >= 11 is 15.7. The minimum absolute atomic E-state index is 0.853. The first-order chi connectivity index (χ1) is 50.3. The van der Waals surface area contributed by atoms with Crippen LogP contribution < -0.4 is 4.86 Å². The molecule has 0 bridgehead atoms. The normalized spacial score (nSPS) is 13.0. The molecule has 6 heteroatoms. The van der Waals surface area contributed by atoms with Crippen LogP contribution in [0.1, 0.15) is 586 Å². The first-order valence-electron chi connectivity index (χ1n) is 49.1. The fourth-order valence-electron chi connectivity index (χ4n) is 16.9. The quantitative estimate of drug-likeness (QED) is 0.0370. The number of hydrogen-bond acceptors (Lipinski definition) is 2. The number of rotatable bonds is 94. The molecule has 0 fully saturated rings. The van der Waals surface area contributed by atoms with Crippen molar-refractivity contribution in [2.45, 2.75) is 591 Å². The molecule has 0 amide bonds. The number of unbranched alkanes of at least 4 members (excludes halogenated alkanes) is 82. The summed E-state index contributed by atoms with van der Waals surface area (Å²) in [4.78, 5) is 4.56. The Morgan fingerprint density at radius 3 is 0.441 bits per heavy atom. The van der Waals surface area contributed by atoms with Crippen LogP contribution in [0.15, 0.2) is 0 Å². The van der Waals surface area contributed by atoms with Crippen LogP contribution in [0.5, 0.6) is 0 Å². The molecule has 0 aliphatic rings. The summed E-state index contributed by atoms with van der Waals surface area (Å²) in [6, 6.07) is 0. The third-order valence-electron chi connectivity index (χ3n) is 24.0. The van der Waals surface area contributed by atoms with Crippen LogP contribution in [-0.4, -0.2) is 24.6 Å². The van der Waals surface area contributed by atoms with E-state index in [2.05, 4.69) is 32.6 Å². The van der Waals surface area contributed by atoms with Gasteiger partial charge in [0.25, 0.3) is 0 Å². The molecule has 609 valence electrons. The van der Waals surface area contributed by atoms with Gasteiger partial charge >= 0.3 is 287 Å². The Morgan fingerprint density at radius 2 is 0.294 bits per heavy atom. The minimum Gasteiger partial charge on any atom is -0.0654 e. The van der Waals surface area contributed by atoms with Crippen LogP contribution in [-0.2, 0) is 41.9 Å². The van der Waals surface area contributed by atoms with E-state index in [1.54, 1.807) is 0 Å². The van der Waals surface area contributed by atoms with Gasteiger partial charge in [-0.25, -0.2) is 0 Å². The maximum atomic E-state index is 7.14. The smallest absolute Gasteiger partial charge is 0.0654 e. The van der Waals surface area contributed by atoms with Crippen molar-refractivity contribution in [3.63, 3.8) is 0 Å². The first kappa shape index (κ1) is 104. The van der Waals surface area contributed by atoms with Crippen LogP contribution in [0, 0.1) is 0 Å². The maximum absolute atomic E-state index is 7.14. The summed E-state index contributed by atoms with van der Waals surface area (Å²) < 4.78 is 0.853. The van der Waals surface area contributed by atoms with E-state index in [1.165, 1.54) is 602 Å². The standard InChI is InChI=1S/C96H196NP2S2.Zn/c1-5-9-13-17-21-25-29-33-37-41-45-49-53-57-61-65-69-73-77-81-85-89-93-98(100,94-90-86-82-78-74-70-66-62-58-54-50-46-42-38-34-30-26-22-18-14-10-6-2)97-99(101,95-91-87-83-79-75-71-67-63-59-55-51-47-43-39-35-31-27-23-19-15-11-7-3)96-92-88-84-80-76-72-68-64-60-56-52-48-44-40-36-32-28-24-20-16-12-8-4;/h89H,5-88,90-96H2,1-4H3,(H,97,100,101);. The van der Waals surface area contributed by atoms with Gasteiger partial charge in [-0.05, 0) is 0 Å². The van der Waals surface area contributed by atoms with Gasteiger partial charge in [0.1, 0.15) is 0 Å². The molecule has 0 heterocycles. The van der Waals surface area contributed by atoms with Gasteiger partial charge in [0.05, 0.1) is 0 Å². The molecule has 0 aliphatic heterocycles. The minimum atomic E-state index is -1.72. The summed E-state index contributed by atoms with van der Waals surface area (Å²) in [5, 5.41) is 0. The van der Waals surface area contributed by atoms with E-state index >= 15 is 0 Å². The molecule has 0 rings (SSSR count). The van der Waals surface area contributed by atoms with Crippen molar-refractivity contribution in [1.29, 1.82) is 0 Å². The molecular weight excluding hydrogens is 1360 g/mol. The van der Waals surface area contributed by atoms with E-state index in [1.807, 2.05) is 0 Å². The summed E-state index contributed by atoms with van der Waals surface area (Å²) in [6.07, 6.45) is 128. The second-order valence-corrected chi connectivity index (χ2v) is 47.6. The molecule has 102 heavy (non-hydrogen) atoms. The van der Waals surface area contributed by atoms with Gasteiger partial charge in [-0.15, -0.1) is 0 Å². The van der Waals surface area contributed by atoms with Gasteiger partial charge < -0.3 is 0 Å². The number of hydrogen-bond donors (Lipinski definition) is 1. The van der Waals surface area contributed by atoms with Crippen molar-refractivity contribution in [3.05, 3.63) is 0 Å². The third-order valence-corrected chi connectivity index (χ3v) is 37.2. The van der Waals surface area contributed by atoms with Gasteiger partial charge in [0.15, 0.2) is 0 Å². The second-order valence-electron chi connectivity index (χ2n) is 34.9. The zero-order valence-electron chi connectivity index (χ0n) is 71.8. The second kappa shape index (κ2) is 90.1. The monoisotopic (exact) mass is 1550 g/mol. The molecule has 0 aromatic carbocycles. The molecule has 1 nitrogen and oxygen atoms in total. The van der Waals surface area contributed by atoms with Crippen molar-refractivity contribution in [2.24, 2.45) is 0 Å². The Hall–Kier alpha value is 1.88. The van der Waals surface area contributed by atoms with Gasteiger partial charge in [-0.3, -0.25) is 0 Å². The molecule has 0 spiro atoms. The molecular formula is C96H196NP2S2Zn. The molecule has 0 aromatic rings. The van der Waals surface area contributed by atoms with E-state index in [0.29, 0.717) is 0 Å². The van der Waals surface area contributed by atoms with Crippen molar-refractivity contribution < 1.29 is 18.3 Å². The molecule has 0 saturated carbocycles. The van der Waals surface area contributed by atoms with E-state index in [-0.39, 0.29) is 0 Å². The van der Waals surface area contributed by atoms with Gasteiger partial charge in [0.2, 0.25) is 0 Å². The molecule has 0 radical (unpaired) electrons. The summed E-state index contributed by atoms with van der Waals surface area (Å²) in [5.41, 5.74) is 0. The predicted molar refractivity (Wildman–Crippen MR) is 479 cm³/mol. The summed E-state index contributed by atoms with van der Waals surface area (Å²) in [7, 11) is 0. The van der Waals surface area contributed by atoms with E-state index < -0.39 is 12.4 Å². The van der Waals surface area contributed by atoms with Crippen LogP contribution >= 0.6 is 12.4 Å². The molecule has 1 N–H and O–H groups in total. The van der Waals surface area contributed by atoms with Gasteiger partial charge in [0, 0.05) is 0 Å². The van der Waals surface area contributed by atoms with Crippen molar-refractivity contribution in [2.75, 3.05) is 24.6 Å². The van der Waals surface area contributed by atoms with Crippen LogP contribution in [0.25, 0.3) is 0 Å². The fourth-order valence-corrected chi connectivity index (χ4v) is 34.3. The van der Waals surface area contributed by atoms with Gasteiger partial charge in [-0.2, -0.15) is 0 Å². The van der Waals surface area contributed by atoms with Crippen LogP contribution in [0.4, 0.5) is 0 Å². The average Bonchev–Trinajstić information content (AvgIpc) is 0.832. The topological polar surface area (TPSA) is 12.0 Å². The Balaban J connectivity index is 5.23. The fraction of sp³-hybridized carbons (Fsp3) is 1.00. The van der Waals surface area contributed by atoms with Crippen molar-refractivity contribution in [3.8, 4) is 0 Å². The Morgan fingerprint density at radius 1 is 0.176 bits per heavy atom.